The van der Waals surface area contributed by atoms with Crippen LogP contribution in [0.3, 0.4) is 0 Å². The van der Waals surface area contributed by atoms with Crippen LogP contribution in [0.15, 0.2) is 0 Å². The van der Waals surface area contributed by atoms with Crippen LogP contribution in [0, 0.1) is 0 Å². The molecule has 0 amide bonds. The molecule has 0 aromatic carbocycles. The zero-order valence-electron chi connectivity index (χ0n) is 5.01. The van der Waals surface area contributed by atoms with Gasteiger partial charge in [0, 0.05) is 0 Å². The van der Waals surface area contributed by atoms with Crippen LogP contribution in [0.2, 0.25) is 0 Å². The second-order valence-corrected chi connectivity index (χ2v) is 4.58. The lowest BCUT2D eigenvalue weighted by Gasteiger charge is -1.99. The van der Waals surface area contributed by atoms with Crippen LogP contribution < -0.4 is 0 Å². The summed E-state index contributed by atoms with van der Waals surface area (Å²) >= 11 is 0. The third-order valence-corrected chi connectivity index (χ3v) is 3.28. The van der Waals surface area contributed by atoms with Gasteiger partial charge in [0.25, 0.3) is 0 Å². The van der Waals surface area contributed by atoms with Crippen LogP contribution in [0.1, 0.15) is 0 Å². The van der Waals surface area contributed by atoms with Gasteiger partial charge in [-0.25, -0.2) is 0 Å². The van der Waals surface area contributed by atoms with E-state index in [1.807, 2.05) is 0 Å². The summed E-state index contributed by atoms with van der Waals surface area (Å²) in [5.74, 6) is -6.42. The maximum atomic E-state index is 11.4. The monoisotopic (exact) mass is 212 g/mol. The minimum atomic E-state index is -3.21. The minimum Gasteiger partial charge on any atom is -0.253 e. The van der Waals surface area contributed by atoms with Crippen LogP contribution in [0.4, 0.5) is 17.6 Å². The summed E-state index contributed by atoms with van der Waals surface area (Å²) in [5, 5.41) is -1.17. The van der Waals surface area contributed by atoms with E-state index in [2.05, 4.69) is 0 Å². The van der Waals surface area contributed by atoms with Crippen molar-refractivity contribution in [2.75, 3.05) is 5.08 Å². The average molecular weight is 212 g/mol. The molecule has 0 fully saturated rings. The molecule has 0 aliphatic carbocycles. The molecule has 0 aliphatic heterocycles. The van der Waals surface area contributed by atoms with E-state index in [1.165, 1.54) is 0 Å². The highest BCUT2D eigenvalue weighted by Gasteiger charge is 2.21. The number of alkyl halides is 4. The van der Waals surface area contributed by atoms with Gasteiger partial charge in [-0.05, 0) is 0 Å². The summed E-state index contributed by atoms with van der Waals surface area (Å²) in [6.45, 7) is 0. The van der Waals surface area contributed by atoms with Gasteiger partial charge in [0.2, 0.25) is 0 Å². The summed E-state index contributed by atoms with van der Waals surface area (Å²) in [6, 6.07) is 0. The van der Waals surface area contributed by atoms with Gasteiger partial charge >= 0.3 is 11.5 Å². The fourth-order valence-corrected chi connectivity index (χ4v) is 1.96. The van der Waals surface area contributed by atoms with E-state index in [4.69, 9.17) is 0 Å². The zero-order chi connectivity index (χ0) is 9.02. The Labute approximate surface area is 64.9 Å². The highest BCUT2D eigenvalue weighted by atomic mass is 32.2. The smallest absolute Gasteiger partial charge is 0.253 e. The van der Waals surface area contributed by atoms with E-state index >= 15 is 0 Å². The second-order valence-electron chi connectivity index (χ2n) is 1.40. The molecule has 8 heteroatoms. The number of halogens is 4. The molecule has 0 N–H and O–H groups in total. The lowest BCUT2D eigenvalue weighted by Crippen LogP contribution is -2.15. The third kappa shape index (κ3) is 4.46. The molecule has 0 aliphatic rings. The average Bonchev–Trinajstić information content (AvgIpc) is 1.87. The molecule has 0 bridgehead atoms. The van der Waals surface area contributed by atoms with Gasteiger partial charge in [0.1, 0.15) is 26.7 Å². The van der Waals surface area contributed by atoms with Gasteiger partial charge in [-0.15, -0.1) is 0 Å². The molecule has 0 heterocycles. The maximum Gasteiger partial charge on any atom is 0.312 e. The highest BCUT2D eigenvalue weighted by molar-refractivity contribution is 8.02. The molecule has 0 aromatic heterocycles. The van der Waals surface area contributed by atoms with Crippen LogP contribution in [-0.2, 0) is 21.6 Å². The Kier molecular flexibility index (Phi) is 4.82. The van der Waals surface area contributed by atoms with Crippen molar-refractivity contribution in [3.8, 4) is 0 Å². The molecule has 0 radical (unpaired) electrons. The van der Waals surface area contributed by atoms with Gasteiger partial charge in [0.15, 0.2) is 0 Å². The standard InChI is InChI=1S/C3H4F4O2S2/c4-2(5)10(8)1-11(9)3(6)7/h2-3H,1H2. The fraction of sp³-hybridized carbons (Fsp3) is 1.00. The Morgan fingerprint density at radius 1 is 0.909 bits per heavy atom. The Hall–Kier alpha value is 0.0200. The predicted molar refractivity (Wildman–Crippen MR) is 33.2 cm³/mol. The third-order valence-electron chi connectivity index (χ3n) is 0.630. The Morgan fingerprint density at radius 3 is 1.36 bits per heavy atom. The summed E-state index contributed by atoms with van der Waals surface area (Å²) in [6.07, 6.45) is 0. The van der Waals surface area contributed by atoms with Crippen molar-refractivity contribution >= 4 is 21.6 Å². The van der Waals surface area contributed by atoms with Crippen LogP contribution in [-0.4, -0.2) is 25.0 Å². The molecule has 0 saturated carbocycles. The van der Waals surface area contributed by atoms with Gasteiger partial charge in [0.05, 0.1) is 0 Å². The van der Waals surface area contributed by atoms with Crippen molar-refractivity contribution in [1.82, 2.24) is 0 Å². The molecule has 68 valence electrons. The van der Waals surface area contributed by atoms with Crippen molar-refractivity contribution in [3.63, 3.8) is 0 Å². The van der Waals surface area contributed by atoms with Crippen LogP contribution >= 0.6 is 0 Å². The first kappa shape index (κ1) is 11.0. The summed E-state index contributed by atoms with van der Waals surface area (Å²) in [7, 11) is -5.47. The lowest BCUT2D eigenvalue weighted by molar-refractivity contribution is 0.242. The van der Waals surface area contributed by atoms with Gasteiger partial charge in [-0.2, -0.15) is 17.6 Å². The first-order valence-electron chi connectivity index (χ1n) is 2.25. The topological polar surface area (TPSA) is 34.1 Å². The molecule has 11 heavy (non-hydrogen) atoms. The van der Waals surface area contributed by atoms with Gasteiger partial charge in [-0.1, -0.05) is 0 Å². The van der Waals surface area contributed by atoms with Gasteiger partial charge in [-0.3, -0.25) is 8.42 Å². The first-order chi connectivity index (χ1) is 4.95. The Balaban J connectivity index is 3.86. The lowest BCUT2D eigenvalue weighted by atomic mass is 11.7. The van der Waals surface area contributed by atoms with E-state index in [1.54, 1.807) is 0 Å². The summed E-state index contributed by atoms with van der Waals surface area (Å²) in [4.78, 5) is 0. The molecule has 0 aromatic rings. The maximum absolute atomic E-state index is 11.4. The Morgan fingerprint density at radius 2 is 1.18 bits per heavy atom. The molecule has 0 rings (SSSR count). The van der Waals surface area contributed by atoms with Crippen molar-refractivity contribution in [2.45, 2.75) is 11.5 Å². The normalized spacial score (nSPS) is 17.3. The molecule has 0 spiro atoms. The van der Waals surface area contributed by atoms with Crippen molar-refractivity contribution in [1.29, 1.82) is 0 Å². The quantitative estimate of drug-likeness (QED) is 0.648. The molecular weight excluding hydrogens is 208 g/mol. The first-order valence-corrected chi connectivity index (χ1v) is 5.02. The zero-order valence-corrected chi connectivity index (χ0v) is 6.64. The van der Waals surface area contributed by atoms with E-state index in [-0.39, 0.29) is 0 Å². The summed E-state index contributed by atoms with van der Waals surface area (Å²) < 4.78 is 65.7. The molecule has 2 nitrogen and oxygen atoms in total. The second kappa shape index (κ2) is 4.81. The van der Waals surface area contributed by atoms with Crippen molar-refractivity contribution in [3.05, 3.63) is 0 Å². The van der Waals surface area contributed by atoms with Crippen LogP contribution in [0.25, 0.3) is 0 Å². The predicted octanol–water partition coefficient (Wildman–Crippen LogP) is 0.887. The van der Waals surface area contributed by atoms with Crippen molar-refractivity contribution < 1.29 is 26.0 Å². The van der Waals surface area contributed by atoms with Crippen molar-refractivity contribution in [2.24, 2.45) is 0 Å². The summed E-state index contributed by atoms with van der Waals surface area (Å²) in [5.41, 5.74) is 0. The SMILES string of the molecule is O=S(CS(=O)C(F)F)C(F)F. The number of rotatable bonds is 4. The number of hydrogen-bond acceptors (Lipinski definition) is 2. The van der Waals surface area contributed by atoms with E-state index in [0.717, 1.165) is 0 Å². The fourth-order valence-electron chi connectivity index (χ4n) is 0.217. The number of hydrogen-bond donors (Lipinski definition) is 0. The highest BCUT2D eigenvalue weighted by Crippen LogP contribution is 2.06. The van der Waals surface area contributed by atoms with Gasteiger partial charge < -0.3 is 0 Å². The van der Waals surface area contributed by atoms with E-state index < -0.39 is 38.2 Å². The molecule has 2 unspecified atom stereocenters. The van der Waals surface area contributed by atoms with E-state index in [0.29, 0.717) is 0 Å². The minimum absolute atomic E-state index is 1.17. The molecule has 2 atom stereocenters. The van der Waals surface area contributed by atoms with E-state index in [9.17, 15) is 26.0 Å². The van der Waals surface area contributed by atoms with Crippen LogP contribution in [0.5, 0.6) is 0 Å². The Bertz CT molecular complexity index is 153. The molecule has 0 saturated heterocycles. The largest absolute Gasteiger partial charge is 0.312 e. The molecular formula is C3H4F4O2S2.